The topological polar surface area (TPSA) is 84.2 Å². The van der Waals surface area contributed by atoms with Gasteiger partial charge in [-0.2, -0.15) is 5.10 Å². The first-order chi connectivity index (χ1) is 15.2. The van der Waals surface area contributed by atoms with Crippen LogP contribution in [0.2, 0.25) is 0 Å². The zero-order valence-electron chi connectivity index (χ0n) is 18.2. The molecular formula is C22H30N6O3. The minimum atomic E-state index is -0.246. The van der Waals surface area contributed by atoms with Gasteiger partial charge in [-0.15, -0.1) is 0 Å². The van der Waals surface area contributed by atoms with Crippen LogP contribution in [-0.4, -0.2) is 84.5 Å². The predicted octanol–water partition coefficient (Wildman–Crippen LogP) is 1.28. The molecule has 2 aromatic rings. The molecule has 4 rings (SSSR count). The van der Waals surface area contributed by atoms with Gasteiger partial charge in [0.1, 0.15) is 11.9 Å². The molecule has 1 N–H and O–H groups in total. The van der Waals surface area contributed by atoms with E-state index in [4.69, 9.17) is 9.47 Å². The SMILES string of the molecule is CN=C(NCc1ccn(-c2ccc(OC)cc2)n1)N1CCN(C(=O)C2CCCO2)CC1. The largest absolute Gasteiger partial charge is 0.497 e. The number of piperazine rings is 1. The van der Waals surface area contributed by atoms with E-state index in [-0.39, 0.29) is 12.0 Å². The van der Waals surface area contributed by atoms with Gasteiger partial charge in [0, 0.05) is 46.0 Å². The Hall–Kier alpha value is -3.07. The summed E-state index contributed by atoms with van der Waals surface area (Å²) in [4.78, 5) is 21.0. The van der Waals surface area contributed by atoms with E-state index in [1.165, 1.54) is 0 Å². The van der Waals surface area contributed by atoms with Crippen molar-refractivity contribution in [3.8, 4) is 11.4 Å². The van der Waals surface area contributed by atoms with E-state index in [0.29, 0.717) is 26.2 Å². The van der Waals surface area contributed by atoms with Crippen LogP contribution in [-0.2, 0) is 16.1 Å². The van der Waals surface area contributed by atoms with E-state index in [2.05, 4.69) is 20.3 Å². The fourth-order valence-corrected chi connectivity index (χ4v) is 3.95. The fraction of sp³-hybridized carbons (Fsp3) is 0.500. The molecule has 0 radical (unpaired) electrons. The Kier molecular flexibility index (Phi) is 6.71. The first-order valence-electron chi connectivity index (χ1n) is 10.7. The van der Waals surface area contributed by atoms with Crippen LogP contribution in [0, 0.1) is 0 Å². The number of rotatable bonds is 5. The number of hydrogen-bond acceptors (Lipinski definition) is 5. The second-order valence-electron chi connectivity index (χ2n) is 7.66. The molecule has 0 spiro atoms. The van der Waals surface area contributed by atoms with Crippen molar-refractivity contribution in [2.75, 3.05) is 46.9 Å². The van der Waals surface area contributed by atoms with E-state index < -0.39 is 0 Å². The van der Waals surface area contributed by atoms with E-state index in [1.807, 2.05) is 46.1 Å². The summed E-state index contributed by atoms with van der Waals surface area (Å²) in [7, 11) is 3.43. The summed E-state index contributed by atoms with van der Waals surface area (Å²) < 4.78 is 12.6. The van der Waals surface area contributed by atoms with Gasteiger partial charge in [0.25, 0.3) is 5.91 Å². The molecule has 2 aliphatic heterocycles. The maximum atomic E-state index is 12.5. The highest BCUT2D eigenvalue weighted by Crippen LogP contribution is 2.16. The van der Waals surface area contributed by atoms with Gasteiger partial charge in [-0.05, 0) is 43.2 Å². The molecule has 1 amide bonds. The van der Waals surface area contributed by atoms with Crippen molar-refractivity contribution < 1.29 is 14.3 Å². The molecule has 0 aliphatic carbocycles. The van der Waals surface area contributed by atoms with Crippen molar-refractivity contribution in [2.24, 2.45) is 4.99 Å². The maximum absolute atomic E-state index is 12.5. The number of amides is 1. The Labute approximate surface area is 182 Å². The van der Waals surface area contributed by atoms with E-state index in [1.54, 1.807) is 14.2 Å². The standard InChI is InChI=1S/C22H30N6O3/c1-23-22(27-13-11-26(12-14-27)21(29)20-4-3-15-31-20)24-16-17-9-10-28(25-17)18-5-7-19(30-2)8-6-18/h5-10,20H,3-4,11-16H2,1-2H3,(H,23,24). The number of aliphatic imine (C=N–C) groups is 1. The minimum absolute atomic E-state index is 0.129. The van der Waals surface area contributed by atoms with Gasteiger partial charge in [0.2, 0.25) is 0 Å². The summed E-state index contributed by atoms with van der Waals surface area (Å²) >= 11 is 0. The van der Waals surface area contributed by atoms with Crippen LogP contribution in [0.1, 0.15) is 18.5 Å². The van der Waals surface area contributed by atoms with Crippen molar-refractivity contribution in [3.63, 3.8) is 0 Å². The molecule has 9 heteroatoms. The molecule has 3 heterocycles. The Balaban J connectivity index is 1.28. The second-order valence-corrected chi connectivity index (χ2v) is 7.66. The number of aromatic nitrogens is 2. The lowest BCUT2D eigenvalue weighted by Gasteiger charge is -2.37. The molecule has 31 heavy (non-hydrogen) atoms. The van der Waals surface area contributed by atoms with Crippen LogP contribution < -0.4 is 10.1 Å². The monoisotopic (exact) mass is 426 g/mol. The molecule has 1 atom stereocenters. The van der Waals surface area contributed by atoms with Crippen LogP contribution in [0.25, 0.3) is 5.69 Å². The number of benzene rings is 1. The van der Waals surface area contributed by atoms with Gasteiger partial charge in [-0.3, -0.25) is 9.79 Å². The van der Waals surface area contributed by atoms with Crippen LogP contribution in [0.15, 0.2) is 41.5 Å². The number of nitrogens with zero attached hydrogens (tertiary/aromatic N) is 5. The van der Waals surface area contributed by atoms with Crippen LogP contribution in [0.4, 0.5) is 0 Å². The van der Waals surface area contributed by atoms with Gasteiger partial charge < -0.3 is 24.6 Å². The molecule has 9 nitrogen and oxygen atoms in total. The highest BCUT2D eigenvalue weighted by molar-refractivity contribution is 5.82. The summed E-state index contributed by atoms with van der Waals surface area (Å²) in [6.45, 7) is 4.14. The van der Waals surface area contributed by atoms with E-state index in [0.717, 1.165) is 49.0 Å². The Morgan fingerprint density at radius 1 is 1.19 bits per heavy atom. The van der Waals surface area contributed by atoms with E-state index in [9.17, 15) is 4.79 Å². The first-order valence-corrected chi connectivity index (χ1v) is 10.7. The molecule has 2 aliphatic rings. The number of hydrogen-bond donors (Lipinski definition) is 1. The third kappa shape index (κ3) is 4.99. The summed E-state index contributed by atoms with van der Waals surface area (Å²) in [6.07, 6.45) is 3.51. The van der Waals surface area contributed by atoms with Gasteiger partial charge in [0.05, 0.1) is 25.0 Å². The van der Waals surface area contributed by atoms with Gasteiger partial charge in [0.15, 0.2) is 5.96 Å². The first kappa shape index (κ1) is 21.2. The number of methoxy groups -OCH3 is 1. The minimum Gasteiger partial charge on any atom is -0.497 e. The third-order valence-corrected chi connectivity index (χ3v) is 5.72. The molecule has 0 bridgehead atoms. The number of ether oxygens (including phenoxy) is 2. The number of carbonyl (C=O) groups is 1. The fourth-order valence-electron chi connectivity index (χ4n) is 3.95. The average Bonchev–Trinajstić information content (AvgIpc) is 3.52. The highest BCUT2D eigenvalue weighted by Gasteiger charge is 2.30. The quantitative estimate of drug-likeness (QED) is 0.573. The lowest BCUT2D eigenvalue weighted by Crippen LogP contribution is -2.55. The molecule has 0 saturated carbocycles. The smallest absolute Gasteiger partial charge is 0.251 e. The van der Waals surface area contributed by atoms with Gasteiger partial charge >= 0.3 is 0 Å². The molecular weight excluding hydrogens is 396 g/mol. The molecule has 1 unspecified atom stereocenters. The second kappa shape index (κ2) is 9.82. The van der Waals surface area contributed by atoms with Crippen molar-refractivity contribution in [2.45, 2.75) is 25.5 Å². The lowest BCUT2D eigenvalue weighted by molar-refractivity contribution is -0.142. The number of guanidine groups is 1. The number of nitrogens with one attached hydrogen (secondary N) is 1. The van der Waals surface area contributed by atoms with Crippen LogP contribution in [0.3, 0.4) is 0 Å². The predicted molar refractivity (Wildman–Crippen MR) is 117 cm³/mol. The Morgan fingerprint density at radius 3 is 2.58 bits per heavy atom. The Bertz CT molecular complexity index is 896. The normalized spacial score (nSPS) is 19.5. The van der Waals surface area contributed by atoms with Gasteiger partial charge in [-0.25, -0.2) is 4.68 Å². The molecule has 2 saturated heterocycles. The summed E-state index contributed by atoms with van der Waals surface area (Å²) in [5, 5.41) is 8.03. The number of carbonyl (C=O) groups excluding carboxylic acids is 1. The zero-order chi connectivity index (χ0) is 21.6. The van der Waals surface area contributed by atoms with Gasteiger partial charge in [-0.1, -0.05) is 0 Å². The maximum Gasteiger partial charge on any atom is 0.251 e. The van der Waals surface area contributed by atoms with E-state index >= 15 is 0 Å². The molecule has 166 valence electrons. The van der Waals surface area contributed by atoms with Crippen molar-refractivity contribution in [1.82, 2.24) is 24.9 Å². The molecule has 1 aromatic heterocycles. The van der Waals surface area contributed by atoms with Crippen LogP contribution in [0.5, 0.6) is 5.75 Å². The third-order valence-electron chi connectivity index (χ3n) is 5.72. The highest BCUT2D eigenvalue weighted by atomic mass is 16.5. The summed E-state index contributed by atoms with van der Waals surface area (Å²) in [5.74, 6) is 1.77. The van der Waals surface area contributed by atoms with Crippen molar-refractivity contribution in [1.29, 1.82) is 0 Å². The molecule has 1 aromatic carbocycles. The zero-order valence-corrected chi connectivity index (χ0v) is 18.2. The van der Waals surface area contributed by atoms with Crippen molar-refractivity contribution >= 4 is 11.9 Å². The van der Waals surface area contributed by atoms with Crippen LogP contribution >= 0.6 is 0 Å². The molecule has 2 fully saturated rings. The average molecular weight is 427 g/mol. The van der Waals surface area contributed by atoms with Crippen molar-refractivity contribution in [3.05, 3.63) is 42.2 Å². The summed E-state index contributed by atoms with van der Waals surface area (Å²) in [5.41, 5.74) is 1.90. The lowest BCUT2D eigenvalue weighted by atomic mass is 10.2. The Morgan fingerprint density at radius 2 is 1.94 bits per heavy atom. The summed E-state index contributed by atoms with van der Waals surface area (Å²) in [6, 6.07) is 9.77.